The molecule has 1 aliphatic rings. The van der Waals surface area contributed by atoms with E-state index in [4.69, 9.17) is 16.7 Å². The van der Waals surface area contributed by atoms with Crippen molar-refractivity contribution in [2.75, 3.05) is 13.2 Å². The molecule has 0 spiro atoms. The summed E-state index contributed by atoms with van der Waals surface area (Å²) in [5.41, 5.74) is -0.0392. The van der Waals surface area contributed by atoms with Crippen LogP contribution in [-0.4, -0.2) is 24.2 Å². The first-order valence-electron chi connectivity index (χ1n) is 5.70. The lowest BCUT2D eigenvalue weighted by Crippen LogP contribution is -2.34. The minimum atomic E-state index is -0.179. The van der Waals surface area contributed by atoms with Crippen molar-refractivity contribution in [2.45, 2.75) is 25.7 Å². The average molecular weight is 274 g/mol. The second-order valence-corrected chi connectivity index (χ2v) is 6.49. The fraction of sp³-hybridized carbons (Fsp3) is 0.583. The number of nitrogens with one attached hydrogen (secondary N) is 1. The van der Waals surface area contributed by atoms with E-state index in [-0.39, 0.29) is 23.8 Å². The van der Waals surface area contributed by atoms with Crippen molar-refractivity contribution in [1.82, 2.24) is 5.32 Å². The van der Waals surface area contributed by atoms with Crippen molar-refractivity contribution in [2.24, 2.45) is 5.41 Å². The van der Waals surface area contributed by atoms with Gasteiger partial charge in [0.1, 0.15) is 0 Å². The Labute approximate surface area is 110 Å². The van der Waals surface area contributed by atoms with Crippen LogP contribution in [0.5, 0.6) is 0 Å². The molecule has 0 saturated heterocycles. The van der Waals surface area contributed by atoms with Crippen LogP contribution in [0, 0.1) is 5.41 Å². The Kier molecular flexibility index (Phi) is 3.76. The van der Waals surface area contributed by atoms with Gasteiger partial charge in [-0.2, -0.15) is 0 Å². The summed E-state index contributed by atoms with van der Waals surface area (Å²) in [5, 5.41) is 12.1. The van der Waals surface area contributed by atoms with Crippen LogP contribution in [0.3, 0.4) is 0 Å². The van der Waals surface area contributed by atoms with Crippen LogP contribution < -0.4 is 5.32 Å². The lowest BCUT2D eigenvalue weighted by molar-refractivity contribution is -0.122. The Bertz CT molecular complexity index is 414. The Morgan fingerprint density at radius 2 is 2.35 bits per heavy atom. The molecule has 1 aliphatic carbocycles. The largest absolute Gasteiger partial charge is 0.396 e. The number of amides is 1. The molecule has 1 fully saturated rings. The molecular weight excluding hydrogens is 258 g/mol. The van der Waals surface area contributed by atoms with Crippen LogP contribution in [0.4, 0.5) is 0 Å². The summed E-state index contributed by atoms with van der Waals surface area (Å²) in [6.07, 6.45) is 2.01. The summed E-state index contributed by atoms with van der Waals surface area (Å²) >= 11 is 7.28. The molecule has 1 heterocycles. The number of carbonyl (C=O) groups is 1. The van der Waals surface area contributed by atoms with Gasteiger partial charge in [-0.1, -0.05) is 11.6 Å². The molecule has 2 N–H and O–H groups in total. The van der Waals surface area contributed by atoms with Crippen LogP contribution in [0.25, 0.3) is 0 Å². The van der Waals surface area contributed by atoms with Gasteiger partial charge in [0.15, 0.2) is 0 Å². The lowest BCUT2D eigenvalue weighted by Gasteiger charge is -2.15. The molecule has 1 aromatic heterocycles. The molecule has 0 aromatic carbocycles. The first-order valence-corrected chi connectivity index (χ1v) is 6.90. The van der Waals surface area contributed by atoms with E-state index in [9.17, 15) is 4.79 Å². The number of hydrogen-bond donors (Lipinski definition) is 2. The molecule has 3 nitrogen and oxygen atoms in total. The normalized spacial score (nSPS) is 18.8. The number of aliphatic hydroxyl groups is 1. The van der Waals surface area contributed by atoms with Crippen molar-refractivity contribution in [1.29, 1.82) is 0 Å². The van der Waals surface area contributed by atoms with Crippen LogP contribution in [-0.2, 0) is 4.79 Å². The van der Waals surface area contributed by atoms with E-state index in [1.54, 1.807) is 6.07 Å². The fourth-order valence-electron chi connectivity index (χ4n) is 1.69. The minimum Gasteiger partial charge on any atom is -0.396 e. The molecule has 0 aliphatic heterocycles. The maximum atomic E-state index is 11.9. The zero-order valence-corrected chi connectivity index (χ0v) is 11.3. The smallest absolute Gasteiger partial charge is 0.228 e. The van der Waals surface area contributed by atoms with E-state index in [2.05, 4.69) is 5.32 Å². The lowest BCUT2D eigenvalue weighted by atomic mass is 10.1. The van der Waals surface area contributed by atoms with Crippen LogP contribution in [0.1, 0.15) is 30.6 Å². The quantitative estimate of drug-likeness (QED) is 0.865. The van der Waals surface area contributed by atoms with Crippen molar-refractivity contribution >= 4 is 28.8 Å². The molecule has 1 atom stereocenters. The zero-order valence-electron chi connectivity index (χ0n) is 9.70. The van der Waals surface area contributed by atoms with E-state index >= 15 is 0 Å². The fourth-order valence-corrected chi connectivity index (χ4v) is 2.80. The molecule has 1 saturated carbocycles. The monoisotopic (exact) mass is 273 g/mol. The molecule has 1 unspecified atom stereocenters. The second-order valence-electron chi connectivity index (χ2n) is 4.74. The maximum Gasteiger partial charge on any atom is 0.228 e. The van der Waals surface area contributed by atoms with Crippen LogP contribution >= 0.6 is 22.9 Å². The molecule has 0 radical (unpaired) electrons. The third-order valence-electron chi connectivity index (χ3n) is 3.34. The van der Waals surface area contributed by atoms with Crippen molar-refractivity contribution < 1.29 is 9.90 Å². The van der Waals surface area contributed by atoms with Gasteiger partial charge >= 0.3 is 0 Å². The topological polar surface area (TPSA) is 49.3 Å². The highest BCUT2D eigenvalue weighted by molar-refractivity contribution is 7.16. The molecule has 2 rings (SSSR count). The molecular formula is C12H16ClNO2S. The number of thiophene rings is 1. The first kappa shape index (κ1) is 12.9. The van der Waals surface area contributed by atoms with Gasteiger partial charge in [-0.25, -0.2) is 0 Å². The highest BCUT2D eigenvalue weighted by Gasteiger charge is 2.42. The van der Waals surface area contributed by atoms with Crippen molar-refractivity contribution in [3.8, 4) is 0 Å². The van der Waals surface area contributed by atoms with Gasteiger partial charge in [-0.05, 0) is 31.9 Å². The van der Waals surface area contributed by atoms with E-state index in [0.717, 1.165) is 17.7 Å². The van der Waals surface area contributed by atoms with E-state index in [1.165, 1.54) is 11.3 Å². The van der Waals surface area contributed by atoms with Crippen molar-refractivity contribution in [3.05, 3.63) is 21.3 Å². The Morgan fingerprint density at radius 3 is 2.82 bits per heavy atom. The van der Waals surface area contributed by atoms with Gasteiger partial charge in [0.2, 0.25) is 5.91 Å². The van der Waals surface area contributed by atoms with Gasteiger partial charge in [-0.3, -0.25) is 4.79 Å². The average Bonchev–Trinajstić information content (AvgIpc) is 3.00. The summed E-state index contributed by atoms with van der Waals surface area (Å²) in [5.74, 6) is -0.176. The Balaban J connectivity index is 1.87. The third-order valence-corrected chi connectivity index (χ3v) is 4.76. The molecule has 5 heteroatoms. The number of aliphatic hydroxyl groups excluding tert-OH is 1. The summed E-state index contributed by atoms with van der Waals surface area (Å²) in [6.45, 7) is 2.61. The molecule has 94 valence electrons. The highest BCUT2D eigenvalue weighted by atomic mass is 35.5. The number of halogens is 1. The molecule has 1 aromatic rings. The molecule has 17 heavy (non-hydrogen) atoms. The van der Waals surface area contributed by atoms with Crippen molar-refractivity contribution in [3.63, 3.8) is 0 Å². The zero-order chi connectivity index (χ0) is 12.5. The van der Waals surface area contributed by atoms with Gasteiger partial charge in [0, 0.05) is 16.8 Å². The number of hydrogen-bond acceptors (Lipinski definition) is 3. The van der Waals surface area contributed by atoms with E-state index in [0.29, 0.717) is 10.9 Å². The van der Waals surface area contributed by atoms with Gasteiger partial charge in [0.05, 0.1) is 16.9 Å². The highest BCUT2D eigenvalue weighted by Crippen LogP contribution is 2.44. The predicted octanol–water partition coefficient (Wildman–Crippen LogP) is 2.39. The number of rotatable bonds is 5. The Morgan fingerprint density at radius 1 is 1.65 bits per heavy atom. The SMILES string of the molecule is CC(C(=O)NCC1(CO)CC1)c1ccc(Cl)s1. The minimum absolute atomic E-state index is 0.00300. The Hall–Kier alpha value is -0.580. The number of carbonyl (C=O) groups excluding carboxylic acids is 1. The van der Waals surface area contributed by atoms with Gasteiger partial charge in [-0.15, -0.1) is 11.3 Å². The predicted molar refractivity (Wildman–Crippen MR) is 69.5 cm³/mol. The van der Waals surface area contributed by atoms with E-state index < -0.39 is 0 Å². The van der Waals surface area contributed by atoms with Gasteiger partial charge in [0.25, 0.3) is 0 Å². The second kappa shape index (κ2) is 4.96. The summed E-state index contributed by atoms with van der Waals surface area (Å²) in [6, 6.07) is 3.69. The third kappa shape index (κ3) is 3.00. The van der Waals surface area contributed by atoms with Crippen LogP contribution in [0.15, 0.2) is 12.1 Å². The summed E-state index contributed by atoms with van der Waals surface area (Å²) in [4.78, 5) is 12.9. The maximum absolute atomic E-state index is 11.9. The summed E-state index contributed by atoms with van der Waals surface area (Å²) in [7, 11) is 0. The van der Waals surface area contributed by atoms with Crippen LogP contribution in [0.2, 0.25) is 4.34 Å². The molecule has 0 bridgehead atoms. The standard InChI is InChI=1S/C12H16ClNO2S/c1-8(9-2-3-10(13)17-9)11(16)14-6-12(7-15)4-5-12/h2-3,8,15H,4-7H2,1H3,(H,14,16). The molecule has 1 amide bonds. The van der Waals surface area contributed by atoms with E-state index in [1.807, 2.05) is 13.0 Å². The van der Waals surface area contributed by atoms with Gasteiger partial charge < -0.3 is 10.4 Å². The first-order chi connectivity index (χ1) is 8.06. The summed E-state index contributed by atoms with van der Waals surface area (Å²) < 4.78 is 0.702.